The van der Waals surface area contributed by atoms with E-state index in [1.165, 1.54) is 9.80 Å². The number of fused-ring (bicyclic) bond motifs is 2. The molecule has 5 amide bonds. The highest BCUT2D eigenvalue weighted by Crippen LogP contribution is 2.40. The topological polar surface area (TPSA) is 422 Å². The summed E-state index contributed by atoms with van der Waals surface area (Å²) in [6.07, 6.45) is -1.28. The number of β-amino-alcohol motifs (C(OH)–C–C–N with tert-alkyl or cyclic N) is 2. The van der Waals surface area contributed by atoms with Crippen LogP contribution in [0.2, 0.25) is 0 Å². The number of likely N-dealkylation sites (tertiary alicyclic amines) is 2. The zero-order chi connectivity index (χ0) is 98.0. The average Bonchev–Trinajstić information content (AvgIpc) is 1.60. The van der Waals surface area contributed by atoms with Crippen LogP contribution >= 0.6 is 22.7 Å². The first-order valence-corrected chi connectivity index (χ1v) is 47.3. The number of rotatable bonds is 41. The number of nitrogens with one attached hydrogen (secondary N) is 3. The molecular weight excluding hydrogens is 1790 g/mol. The number of carbonyl (C=O) groups is 6. The van der Waals surface area contributed by atoms with E-state index in [0.29, 0.717) is 84.8 Å². The number of aromatic hydroxyl groups is 4. The molecule has 0 bridgehead atoms. The van der Waals surface area contributed by atoms with Crippen LogP contribution in [0.15, 0.2) is 193 Å². The summed E-state index contributed by atoms with van der Waals surface area (Å²) < 4.78 is 48.6. The molecule has 2 fully saturated rings. The van der Waals surface area contributed by atoms with Crippen molar-refractivity contribution in [2.45, 2.75) is 145 Å². The zero-order valence-corrected chi connectivity index (χ0v) is 80.6. The van der Waals surface area contributed by atoms with Crippen molar-refractivity contribution in [2.75, 3.05) is 106 Å². The number of nitrogens with two attached hydrogens (primary N) is 1. The quantitative estimate of drug-likeness (QED) is 0.0159. The van der Waals surface area contributed by atoms with Crippen molar-refractivity contribution >= 4 is 80.0 Å². The Labute approximate surface area is 805 Å². The number of phenolic OH excluding ortho intramolecular Hbond substituents is 4. The predicted molar refractivity (Wildman–Crippen MR) is 525 cm³/mol. The molecule has 2 aliphatic rings. The molecule has 2 aliphatic heterocycles. The molecule has 31 nitrogen and oxygen atoms in total. The molecule has 14 rings (SSSR count). The van der Waals surface area contributed by atoms with E-state index in [1.807, 2.05) is 214 Å². The van der Waals surface area contributed by atoms with Crippen molar-refractivity contribution in [2.24, 2.45) is 16.6 Å². The number of benzene rings is 8. The molecule has 0 spiro atoms. The van der Waals surface area contributed by atoms with Crippen molar-refractivity contribution in [3.63, 3.8) is 0 Å². The van der Waals surface area contributed by atoms with E-state index in [9.17, 15) is 59.4 Å². The van der Waals surface area contributed by atoms with Gasteiger partial charge in [-0.15, -0.1) is 22.7 Å². The third-order valence-electron chi connectivity index (χ3n) is 23.6. The van der Waals surface area contributed by atoms with Crippen molar-refractivity contribution in [3.05, 3.63) is 238 Å². The minimum atomic E-state index is -1.00. The van der Waals surface area contributed by atoms with Crippen LogP contribution in [0.4, 0.5) is 0 Å². The second-order valence-corrected chi connectivity index (χ2v) is 37.6. The van der Waals surface area contributed by atoms with Gasteiger partial charge < -0.3 is 114 Å². The Kier molecular flexibility index (Phi) is 36.9. The number of hydrogen-bond acceptors (Lipinski definition) is 25. The van der Waals surface area contributed by atoms with Gasteiger partial charge in [0.05, 0.1) is 128 Å². The molecule has 0 saturated carbocycles. The maximum absolute atomic E-state index is 13.9. The normalized spacial score (nSPS) is 15.3. The molecule has 12 N–H and O–H groups in total. The summed E-state index contributed by atoms with van der Waals surface area (Å²) in [6.45, 7) is 24.4. The fourth-order valence-electron chi connectivity index (χ4n) is 16.2. The number of nitrogens with zero attached hydrogens (tertiary/aromatic N) is 6. The molecular formula is C104H124N10O21S2. The average molecular weight is 1910 g/mol. The van der Waals surface area contributed by atoms with Crippen molar-refractivity contribution < 1.29 is 102 Å². The predicted octanol–water partition coefficient (Wildman–Crippen LogP) is 13.4. The highest BCUT2D eigenvalue weighted by atomic mass is 32.1. The molecule has 0 unspecified atom stereocenters. The van der Waals surface area contributed by atoms with Gasteiger partial charge in [0.25, 0.3) is 0 Å². The number of aryl methyl sites for hydroxylation is 4. The fourth-order valence-corrected chi connectivity index (χ4v) is 17.8. The smallest absolute Gasteiger partial charge is 0.329 e. The first-order valence-electron chi connectivity index (χ1n) is 45.6. The number of aromatic nitrogens is 4. The van der Waals surface area contributed by atoms with Crippen molar-refractivity contribution in [1.29, 1.82) is 0 Å². The Morgan fingerprint density at radius 3 is 1.15 bits per heavy atom. The third-order valence-corrected chi connectivity index (χ3v) is 25.5. The Morgan fingerprint density at radius 2 is 0.788 bits per heavy atom. The monoisotopic (exact) mass is 1910 g/mol. The molecule has 0 radical (unpaired) electrons. The van der Waals surface area contributed by atoms with Gasteiger partial charge in [0.1, 0.15) is 79.1 Å². The standard InChI is InChI=1S/C52H61N5O10S.C30H33NO8.C22H30N4O3S/c1-33-43-26-40(59)16-19-44(43)56(47(33)37-12-14-39(58)15-13-37)29-36-8-17-42(18-9-36)67-25-24-65-21-20-64-22-23-66-31-46(61)55-49(52(3,4)5)51(63)57-30-41(60)27-45(57)50(62)53-28-35-6-10-38(11-7-35)48-34(2)54-32-68-48;1-21-27-18-25(33)8-11-28(27)31(30(21)23-4-6-24(32)7-5-23)19-22-2-9-26(10-3-22)39-17-16-37-13-12-36-14-15-38-20-29(34)35;1-13-18(30-12-25-13)15-7-5-14(6-8-15)10-24-20(28)17-9-16(27)11-26(17)21(29)19(23)22(2,3)4/h6-19,26,32,41,45,49,58-60H,20-25,27-31H2,1-5H3,(H,53,62)(H,55,61);2-11,18,32-33H,12-17,19-20H2,1H3,(H,34,35);5-8,12,16-17,19,27H,9-11,23H2,1-4H3,(H,24,28)/t41-,45+,49-;;16-,17+,19-/m1.1/s1. The van der Waals surface area contributed by atoms with Gasteiger partial charge in [-0.05, 0) is 203 Å². The third kappa shape index (κ3) is 28.8. The largest absolute Gasteiger partial charge is 0.508 e. The van der Waals surface area contributed by atoms with Crippen molar-refractivity contribution in [3.8, 4) is 77.9 Å². The van der Waals surface area contributed by atoms with Gasteiger partial charge in [-0.25, -0.2) is 14.8 Å². The maximum atomic E-state index is 13.9. The summed E-state index contributed by atoms with van der Waals surface area (Å²) in [7, 11) is 0. The first kappa shape index (κ1) is 103. The summed E-state index contributed by atoms with van der Waals surface area (Å²) >= 11 is 3.17. The number of hydrogen-bond donors (Lipinski definition) is 11. The minimum Gasteiger partial charge on any atom is -0.508 e. The van der Waals surface area contributed by atoms with Crippen LogP contribution in [-0.4, -0.2) is 242 Å². The number of aliphatic hydroxyl groups is 2. The summed E-state index contributed by atoms with van der Waals surface area (Å²) in [5.74, 6) is -0.588. The molecule has 8 aromatic carbocycles. The van der Waals surface area contributed by atoms with E-state index in [4.69, 9.17) is 48.7 Å². The summed E-state index contributed by atoms with van der Waals surface area (Å²) in [4.78, 5) is 89.9. The van der Waals surface area contributed by atoms with Crippen LogP contribution in [0.5, 0.6) is 34.5 Å². The Balaban J connectivity index is 0.000000205. The van der Waals surface area contributed by atoms with Gasteiger partial charge in [0, 0.05) is 73.9 Å². The summed E-state index contributed by atoms with van der Waals surface area (Å²) in [5.41, 5.74) is 24.8. The van der Waals surface area contributed by atoms with E-state index in [2.05, 4.69) is 35.1 Å². The Morgan fingerprint density at radius 1 is 0.438 bits per heavy atom. The van der Waals surface area contributed by atoms with Gasteiger partial charge in [-0.3, -0.25) is 24.0 Å². The number of carbonyl (C=O) groups excluding carboxylic acids is 5. The molecule has 728 valence electrons. The lowest BCUT2D eigenvalue weighted by molar-refractivity contribution is -0.144. The lowest BCUT2D eigenvalue weighted by Gasteiger charge is -2.35. The molecule has 6 atom stereocenters. The number of amides is 5. The summed E-state index contributed by atoms with van der Waals surface area (Å²) in [6, 6.07) is 53.4. The number of thiazole rings is 2. The van der Waals surface area contributed by atoms with Crippen LogP contribution in [0.1, 0.15) is 99.2 Å². The molecule has 12 aromatic rings. The van der Waals surface area contributed by atoms with E-state index < -0.39 is 65.0 Å². The highest BCUT2D eigenvalue weighted by molar-refractivity contribution is 7.13. The summed E-state index contributed by atoms with van der Waals surface area (Å²) in [5, 5.41) is 79.6. The van der Waals surface area contributed by atoms with E-state index in [-0.39, 0.29) is 106 Å². The number of phenols is 4. The van der Waals surface area contributed by atoms with Crippen LogP contribution < -0.4 is 31.2 Å². The molecule has 4 aromatic heterocycles. The maximum Gasteiger partial charge on any atom is 0.329 e. The van der Waals surface area contributed by atoms with E-state index in [0.717, 1.165) is 116 Å². The fraction of sp³-hybridized carbons (Fsp3) is 0.385. The van der Waals surface area contributed by atoms with Gasteiger partial charge in [0.15, 0.2) is 0 Å². The number of carboxylic acid groups (broad SMARTS) is 1. The molecule has 2 saturated heterocycles. The molecule has 0 aliphatic carbocycles. The van der Waals surface area contributed by atoms with Crippen LogP contribution in [0, 0.1) is 38.5 Å². The lowest BCUT2D eigenvalue weighted by Crippen LogP contribution is -2.58. The zero-order valence-electron chi connectivity index (χ0n) is 78.9. The van der Waals surface area contributed by atoms with Gasteiger partial charge in [0.2, 0.25) is 29.5 Å². The van der Waals surface area contributed by atoms with E-state index in [1.54, 1.807) is 71.2 Å². The van der Waals surface area contributed by atoms with Crippen LogP contribution in [-0.2, 0) is 83.4 Å². The minimum absolute atomic E-state index is 0.0191. The second kappa shape index (κ2) is 48.9. The van der Waals surface area contributed by atoms with Crippen molar-refractivity contribution in [1.82, 2.24) is 44.9 Å². The Bertz CT molecular complexity index is 5990. The van der Waals surface area contributed by atoms with E-state index >= 15 is 0 Å². The molecule has 33 heteroatoms. The Hall–Kier alpha value is -12.6. The number of ether oxygens (including phenoxy) is 8. The number of aliphatic hydroxyl groups excluding tert-OH is 2. The van der Waals surface area contributed by atoms with Gasteiger partial charge in [-0.1, -0.05) is 114 Å². The van der Waals surface area contributed by atoms with Gasteiger partial charge in [-0.2, -0.15) is 0 Å². The number of aliphatic carboxylic acids is 1. The second-order valence-electron chi connectivity index (χ2n) is 35.9. The van der Waals surface area contributed by atoms with Crippen LogP contribution in [0.25, 0.3) is 65.2 Å². The van der Waals surface area contributed by atoms with Crippen LogP contribution in [0.3, 0.4) is 0 Å². The highest BCUT2D eigenvalue weighted by Gasteiger charge is 2.46. The molecule has 6 heterocycles. The lowest BCUT2D eigenvalue weighted by atomic mass is 9.85. The van der Waals surface area contributed by atoms with Gasteiger partial charge >= 0.3 is 5.97 Å². The SMILES string of the molecule is Cc1c(-c2ccc(O)cc2)n(Cc2ccc(OCCOCCOCCOCC(=O)O)cc2)c2ccc(O)cc12.Cc1ncsc1-c1ccc(CNC(=O)[C@@H]2C[C@@H](O)CN2C(=O)[C@@H](N)C(C)(C)C)cc1.Cc1ncsc1-c1ccc(CNC(=O)[C@@H]2C[C@@H](O)CN2C(=O)[C@@H](NC(=O)COCCOCCOCCOc2ccc(Cn3c(-c4ccc(O)cc4)c(C)c4cc(O)ccc43)cc2)C(C)(C)C)cc1. The molecule has 137 heavy (non-hydrogen) atoms. The first-order chi connectivity index (χ1) is 65.6. The number of carboxylic acids is 1.